The Kier molecular flexibility index (Phi) is 5.56. The fourth-order valence-electron chi connectivity index (χ4n) is 3.16. The molecule has 2 N–H and O–H groups in total. The number of aromatic nitrogens is 1. The monoisotopic (exact) mass is 404 g/mol. The normalized spacial score (nSPS) is 23.9. The predicted molar refractivity (Wildman–Crippen MR) is 102 cm³/mol. The molecule has 0 aromatic carbocycles. The molecule has 1 aromatic rings. The maximum Gasteiger partial charge on any atom is 0.409 e. The highest BCUT2D eigenvalue weighted by Crippen LogP contribution is 2.30. The molecule has 0 saturated carbocycles. The highest BCUT2D eigenvalue weighted by atomic mass is 16.5. The second-order valence-corrected chi connectivity index (χ2v) is 7.30. The van der Waals surface area contributed by atoms with Crippen LogP contribution in [-0.2, 0) is 14.3 Å². The Morgan fingerprint density at radius 1 is 1.48 bits per heavy atom. The fraction of sp³-hybridized carbons (Fsp3) is 0.526. The number of nitrogens with zero attached hydrogens (tertiary/aromatic N) is 3. The summed E-state index contributed by atoms with van der Waals surface area (Å²) in [6.07, 6.45) is -0.582. The molecular formula is C19H24N4O6. The number of carbonyl (C=O) groups excluding carboxylic acids is 2. The second-order valence-electron chi connectivity index (χ2n) is 7.30. The molecule has 2 atom stereocenters. The second kappa shape index (κ2) is 7.78. The average molecular weight is 404 g/mol. The quantitative estimate of drug-likeness (QED) is 0.712. The molecule has 3 heterocycles. The summed E-state index contributed by atoms with van der Waals surface area (Å²) < 4.78 is 10.6. The fourth-order valence-corrected chi connectivity index (χ4v) is 3.16. The minimum Gasteiger partial charge on any atom is -0.465 e. The molecular weight excluding hydrogens is 380 g/mol. The van der Waals surface area contributed by atoms with Crippen LogP contribution in [-0.4, -0.2) is 64.1 Å². The third-order valence-corrected chi connectivity index (χ3v) is 5.21. The Labute approximate surface area is 167 Å². The highest BCUT2D eigenvalue weighted by molar-refractivity contribution is 6.17. The van der Waals surface area contributed by atoms with Crippen LogP contribution in [0.3, 0.4) is 0 Å². The lowest BCUT2D eigenvalue weighted by atomic mass is 9.89. The van der Waals surface area contributed by atoms with Crippen LogP contribution in [0.4, 0.5) is 4.79 Å². The van der Waals surface area contributed by atoms with E-state index in [0.717, 1.165) is 4.90 Å². The van der Waals surface area contributed by atoms with E-state index in [1.165, 1.54) is 12.3 Å². The van der Waals surface area contributed by atoms with Gasteiger partial charge in [0.1, 0.15) is 11.2 Å². The van der Waals surface area contributed by atoms with Crippen LogP contribution in [0.5, 0.6) is 0 Å². The standard InChI is InChI=1S/C19H24N4O6/c1-5-28-16(24)12-8-11(15-23(18(26)27)6-7-29-15)9-20-13(12)14-21-17(25)19(4,22-14)10(2)3/h8-10,15H,5-7H2,1-4H3,(H,26,27)(H,21,22,25). The molecule has 156 valence electrons. The van der Waals surface area contributed by atoms with Gasteiger partial charge in [-0.1, -0.05) is 13.8 Å². The number of amides is 2. The Bertz CT molecular complexity index is 883. The molecule has 2 aliphatic rings. The number of aliphatic imine (C=N–C) groups is 1. The smallest absolute Gasteiger partial charge is 0.409 e. The summed E-state index contributed by atoms with van der Waals surface area (Å²) in [4.78, 5) is 46.4. The van der Waals surface area contributed by atoms with Crippen molar-refractivity contribution in [2.75, 3.05) is 19.8 Å². The third kappa shape index (κ3) is 3.67. The van der Waals surface area contributed by atoms with Gasteiger partial charge in [-0.05, 0) is 25.8 Å². The number of ether oxygens (including phenoxy) is 2. The van der Waals surface area contributed by atoms with Gasteiger partial charge < -0.3 is 19.9 Å². The van der Waals surface area contributed by atoms with E-state index in [0.29, 0.717) is 5.56 Å². The van der Waals surface area contributed by atoms with E-state index in [1.54, 1.807) is 13.8 Å². The van der Waals surface area contributed by atoms with Crippen LogP contribution in [0.25, 0.3) is 0 Å². The molecule has 2 unspecified atom stereocenters. The number of rotatable bonds is 5. The van der Waals surface area contributed by atoms with E-state index in [4.69, 9.17) is 9.47 Å². The topological polar surface area (TPSA) is 130 Å². The van der Waals surface area contributed by atoms with Crippen molar-refractivity contribution in [2.24, 2.45) is 10.9 Å². The summed E-state index contributed by atoms with van der Waals surface area (Å²) >= 11 is 0. The number of esters is 1. The van der Waals surface area contributed by atoms with Gasteiger partial charge in [-0.2, -0.15) is 0 Å². The highest BCUT2D eigenvalue weighted by Gasteiger charge is 2.43. The maximum atomic E-state index is 12.6. The first-order valence-corrected chi connectivity index (χ1v) is 9.39. The van der Waals surface area contributed by atoms with Gasteiger partial charge in [0, 0.05) is 11.8 Å². The van der Waals surface area contributed by atoms with Crippen molar-refractivity contribution in [3.8, 4) is 0 Å². The zero-order chi connectivity index (χ0) is 21.3. The Morgan fingerprint density at radius 3 is 2.79 bits per heavy atom. The summed E-state index contributed by atoms with van der Waals surface area (Å²) in [5, 5.41) is 12.0. The van der Waals surface area contributed by atoms with Crippen molar-refractivity contribution in [2.45, 2.75) is 39.5 Å². The molecule has 3 rings (SSSR count). The lowest BCUT2D eigenvalue weighted by Crippen LogP contribution is -2.41. The molecule has 0 bridgehead atoms. The zero-order valence-corrected chi connectivity index (χ0v) is 16.8. The lowest BCUT2D eigenvalue weighted by Gasteiger charge is -2.21. The van der Waals surface area contributed by atoms with Crippen molar-refractivity contribution >= 4 is 23.8 Å². The third-order valence-electron chi connectivity index (χ3n) is 5.21. The molecule has 0 aliphatic carbocycles. The SMILES string of the molecule is CCOC(=O)c1cc(C2OCCN2C(=O)O)cnc1C1=NC(C)(C(C)C)C(=O)N1. The van der Waals surface area contributed by atoms with E-state index in [2.05, 4.69) is 15.3 Å². The minimum absolute atomic E-state index is 0.0682. The van der Waals surface area contributed by atoms with Crippen LogP contribution < -0.4 is 5.32 Å². The van der Waals surface area contributed by atoms with E-state index in [9.17, 15) is 19.5 Å². The number of amidine groups is 1. The van der Waals surface area contributed by atoms with Gasteiger partial charge >= 0.3 is 12.1 Å². The predicted octanol–water partition coefficient (Wildman–Crippen LogP) is 1.56. The number of pyridine rings is 1. The van der Waals surface area contributed by atoms with Crippen molar-refractivity contribution in [3.05, 3.63) is 29.1 Å². The number of nitrogens with one attached hydrogen (secondary N) is 1. The summed E-state index contributed by atoms with van der Waals surface area (Å²) in [6, 6.07) is 1.48. The van der Waals surface area contributed by atoms with E-state index in [1.807, 2.05) is 13.8 Å². The van der Waals surface area contributed by atoms with Crippen molar-refractivity contribution in [1.29, 1.82) is 0 Å². The van der Waals surface area contributed by atoms with Crippen LogP contribution in [0.2, 0.25) is 0 Å². The molecule has 10 heteroatoms. The van der Waals surface area contributed by atoms with Gasteiger partial charge in [-0.3, -0.25) is 14.7 Å². The van der Waals surface area contributed by atoms with Crippen molar-refractivity contribution in [1.82, 2.24) is 15.2 Å². The van der Waals surface area contributed by atoms with E-state index in [-0.39, 0.29) is 48.7 Å². The summed E-state index contributed by atoms with van der Waals surface area (Å²) in [6.45, 7) is 7.75. The Morgan fingerprint density at radius 2 is 2.21 bits per heavy atom. The Balaban J connectivity index is 2.06. The summed E-state index contributed by atoms with van der Waals surface area (Å²) in [7, 11) is 0. The number of carboxylic acid groups (broad SMARTS) is 1. The molecule has 1 fully saturated rings. The molecule has 1 aromatic heterocycles. The van der Waals surface area contributed by atoms with E-state index < -0.39 is 23.8 Å². The first kappa shape index (κ1) is 20.7. The first-order valence-electron chi connectivity index (χ1n) is 9.39. The van der Waals surface area contributed by atoms with Crippen LogP contribution in [0, 0.1) is 5.92 Å². The molecule has 2 aliphatic heterocycles. The molecule has 1 saturated heterocycles. The van der Waals surface area contributed by atoms with Gasteiger partial charge in [0.25, 0.3) is 5.91 Å². The largest absolute Gasteiger partial charge is 0.465 e. The molecule has 10 nitrogen and oxygen atoms in total. The average Bonchev–Trinajstić information content (AvgIpc) is 3.27. The molecule has 29 heavy (non-hydrogen) atoms. The maximum absolute atomic E-state index is 12.6. The molecule has 2 amide bonds. The van der Waals surface area contributed by atoms with Crippen molar-refractivity contribution in [3.63, 3.8) is 0 Å². The van der Waals surface area contributed by atoms with Crippen LogP contribution >= 0.6 is 0 Å². The minimum atomic E-state index is -1.13. The number of hydrogen-bond acceptors (Lipinski definition) is 7. The van der Waals surface area contributed by atoms with Gasteiger partial charge in [0.2, 0.25) is 0 Å². The van der Waals surface area contributed by atoms with Crippen LogP contribution in [0.1, 0.15) is 55.5 Å². The summed E-state index contributed by atoms with van der Waals surface area (Å²) in [5.74, 6) is -0.809. The first-order chi connectivity index (χ1) is 13.7. The van der Waals surface area contributed by atoms with Gasteiger partial charge in [-0.25, -0.2) is 14.6 Å². The van der Waals surface area contributed by atoms with Crippen LogP contribution in [0.15, 0.2) is 17.3 Å². The lowest BCUT2D eigenvalue weighted by molar-refractivity contribution is -0.124. The van der Waals surface area contributed by atoms with Gasteiger partial charge in [-0.15, -0.1) is 0 Å². The van der Waals surface area contributed by atoms with Gasteiger partial charge in [0.15, 0.2) is 12.1 Å². The summed E-state index contributed by atoms with van der Waals surface area (Å²) in [5.41, 5.74) is -0.327. The number of carbonyl (C=O) groups is 3. The van der Waals surface area contributed by atoms with Gasteiger partial charge in [0.05, 0.1) is 25.3 Å². The zero-order valence-electron chi connectivity index (χ0n) is 16.8. The van der Waals surface area contributed by atoms with E-state index >= 15 is 0 Å². The molecule has 0 spiro atoms. The number of hydrogen-bond donors (Lipinski definition) is 2. The molecule has 0 radical (unpaired) electrons. The Hall–Kier alpha value is -3.01. The van der Waals surface area contributed by atoms with Crippen molar-refractivity contribution < 1.29 is 29.0 Å².